The average molecular weight is 410 g/mol. The molecule has 0 amide bonds. The molecule has 0 unspecified atom stereocenters. The summed E-state index contributed by atoms with van der Waals surface area (Å²) < 4.78 is 2.41. The highest BCUT2D eigenvalue weighted by Crippen LogP contribution is 2.39. The molecule has 0 aromatic carbocycles. The molecular formula is C14H22Br2N2S. The van der Waals surface area contributed by atoms with Gasteiger partial charge in [-0.25, -0.2) is 0 Å². The lowest BCUT2D eigenvalue weighted by Gasteiger charge is -2.34. The molecule has 2 rings (SSSR count). The summed E-state index contributed by atoms with van der Waals surface area (Å²) in [4.78, 5) is 4.13. The van der Waals surface area contributed by atoms with E-state index in [0.29, 0.717) is 6.04 Å². The first-order valence-electron chi connectivity index (χ1n) is 6.97. The van der Waals surface area contributed by atoms with Crippen molar-refractivity contribution in [2.45, 2.75) is 32.7 Å². The van der Waals surface area contributed by atoms with E-state index in [9.17, 15) is 0 Å². The van der Waals surface area contributed by atoms with Gasteiger partial charge in [0.2, 0.25) is 0 Å². The molecule has 1 fully saturated rings. The van der Waals surface area contributed by atoms with E-state index in [-0.39, 0.29) is 0 Å². The molecule has 1 atom stereocenters. The van der Waals surface area contributed by atoms with Crippen LogP contribution >= 0.6 is 43.2 Å². The fourth-order valence-corrected chi connectivity index (χ4v) is 4.78. The normalized spacial score (nSPS) is 19.0. The molecule has 1 saturated heterocycles. The molecule has 2 nitrogen and oxygen atoms in total. The van der Waals surface area contributed by atoms with Gasteiger partial charge in [-0.2, -0.15) is 0 Å². The van der Waals surface area contributed by atoms with Crippen molar-refractivity contribution < 1.29 is 0 Å². The zero-order chi connectivity index (χ0) is 13.8. The fourth-order valence-electron chi connectivity index (χ4n) is 2.52. The Labute approximate surface area is 137 Å². The van der Waals surface area contributed by atoms with Crippen LogP contribution in [0.3, 0.4) is 0 Å². The van der Waals surface area contributed by atoms with Crippen molar-refractivity contribution in [3.05, 3.63) is 19.2 Å². The molecule has 1 aliphatic rings. The van der Waals surface area contributed by atoms with Crippen molar-refractivity contribution >= 4 is 43.2 Å². The predicted octanol–water partition coefficient (Wildman–Crippen LogP) is 4.66. The van der Waals surface area contributed by atoms with Crippen LogP contribution in [0, 0.1) is 5.92 Å². The van der Waals surface area contributed by atoms with Crippen LogP contribution in [0.25, 0.3) is 0 Å². The van der Waals surface area contributed by atoms with E-state index in [4.69, 9.17) is 0 Å². The molecule has 0 saturated carbocycles. The quantitative estimate of drug-likeness (QED) is 0.760. The Morgan fingerprint density at radius 2 is 1.95 bits per heavy atom. The summed E-state index contributed by atoms with van der Waals surface area (Å²) in [6.07, 6.45) is 2.55. The van der Waals surface area contributed by atoms with Crippen LogP contribution in [0.2, 0.25) is 0 Å². The third-order valence-corrected chi connectivity index (χ3v) is 6.96. The zero-order valence-corrected chi connectivity index (χ0v) is 15.6. The van der Waals surface area contributed by atoms with Crippen LogP contribution < -0.4 is 5.32 Å². The van der Waals surface area contributed by atoms with E-state index < -0.39 is 0 Å². The van der Waals surface area contributed by atoms with Crippen molar-refractivity contribution in [2.24, 2.45) is 5.92 Å². The minimum Gasteiger partial charge on any atom is -0.314 e. The number of hydrogen-bond acceptors (Lipinski definition) is 3. The van der Waals surface area contributed by atoms with Crippen LogP contribution in [-0.4, -0.2) is 31.1 Å². The molecule has 2 heterocycles. The molecule has 108 valence electrons. The monoisotopic (exact) mass is 408 g/mol. The number of piperazine rings is 1. The van der Waals surface area contributed by atoms with E-state index in [2.05, 4.69) is 62.0 Å². The molecule has 5 heteroatoms. The summed E-state index contributed by atoms with van der Waals surface area (Å²) in [6, 6.07) is 2.87. The Hall–Kier alpha value is 0.580. The Morgan fingerprint density at radius 3 is 2.47 bits per heavy atom. The molecule has 0 spiro atoms. The topological polar surface area (TPSA) is 15.3 Å². The largest absolute Gasteiger partial charge is 0.314 e. The smallest absolute Gasteiger partial charge is 0.0843 e. The van der Waals surface area contributed by atoms with Crippen molar-refractivity contribution in [3.63, 3.8) is 0 Å². The van der Waals surface area contributed by atoms with Crippen molar-refractivity contribution in [2.75, 3.05) is 26.2 Å². The highest BCUT2D eigenvalue weighted by molar-refractivity contribution is 9.13. The Morgan fingerprint density at radius 1 is 1.26 bits per heavy atom. The summed E-state index contributed by atoms with van der Waals surface area (Å²) in [5.41, 5.74) is 0. The summed E-state index contributed by atoms with van der Waals surface area (Å²) in [6.45, 7) is 9.19. The molecule has 1 N–H and O–H groups in total. The van der Waals surface area contributed by atoms with Crippen molar-refractivity contribution in [3.8, 4) is 0 Å². The lowest BCUT2D eigenvalue weighted by atomic mass is 10.0. The third kappa shape index (κ3) is 4.53. The van der Waals surface area contributed by atoms with Gasteiger partial charge in [0, 0.05) is 41.6 Å². The molecule has 0 aliphatic carbocycles. The number of halogens is 2. The zero-order valence-electron chi connectivity index (χ0n) is 11.6. The summed E-state index contributed by atoms with van der Waals surface area (Å²) >= 11 is 9.13. The van der Waals surface area contributed by atoms with E-state index >= 15 is 0 Å². The van der Waals surface area contributed by atoms with Crippen LogP contribution in [0.4, 0.5) is 0 Å². The maximum Gasteiger partial charge on any atom is 0.0843 e. The van der Waals surface area contributed by atoms with Gasteiger partial charge in [-0.05, 0) is 56.7 Å². The van der Waals surface area contributed by atoms with E-state index in [0.717, 1.165) is 32.1 Å². The average Bonchev–Trinajstić information content (AvgIpc) is 2.70. The summed E-state index contributed by atoms with van der Waals surface area (Å²) in [5, 5.41) is 3.45. The maximum atomic E-state index is 3.63. The van der Waals surface area contributed by atoms with Crippen LogP contribution in [0.1, 0.15) is 37.6 Å². The van der Waals surface area contributed by atoms with Crippen molar-refractivity contribution in [1.29, 1.82) is 0 Å². The first-order valence-corrected chi connectivity index (χ1v) is 9.37. The van der Waals surface area contributed by atoms with Gasteiger partial charge < -0.3 is 5.32 Å². The highest BCUT2D eigenvalue weighted by Gasteiger charge is 2.24. The van der Waals surface area contributed by atoms with Crippen LogP contribution in [-0.2, 0) is 0 Å². The molecule has 19 heavy (non-hydrogen) atoms. The molecular weight excluding hydrogens is 388 g/mol. The Bertz CT molecular complexity index is 381. The van der Waals surface area contributed by atoms with Crippen molar-refractivity contribution in [1.82, 2.24) is 10.2 Å². The molecule has 1 aromatic rings. The second-order valence-electron chi connectivity index (χ2n) is 5.54. The van der Waals surface area contributed by atoms with Crippen LogP contribution in [0.15, 0.2) is 14.3 Å². The maximum absolute atomic E-state index is 3.63. The van der Waals surface area contributed by atoms with Gasteiger partial charge in [0.25, 0.3) is 0 Å². The fraction of sp³-hybridized carbons (Fsp3) is 0.714. The lowest BCUT2D eigenvalue weighted by molar-refractivity contribution is 0.162. The Kier molecular flexibility index (Phi) is 6.34. The van der Waals surface area contributed by atoms with Crippen LogP contribution in [0.5, 0.6) is 0 Å². The minimum absolute atomic E-state index is 0.581. The number of nitrogens with one attached hydrogen (secondary N) is 1. The summed E-state index contributed by atoms with van der Waals surface area (Å²) in [5.74, 6) is 0.775. The Balaban J connectivity index is 2.12. The van der Waals surface area contributed by atoms with Gasteiger partial charge in [0.05, 0.1) is 3.79 Å². The molecule has 1 aliphatic heterocycles. The van der Waals surface area contributed by atoms with Gasteiger partial charge in [-0.1, -0.05) is 13.8 Å². The second kappa shape index (κ2) is 7.55. The third-order valence-electron chi connectivity index (χ3n) is 3.60. The van der Waals surface area contributed by atoms with E-state index in [1.807, 2.05) is 11.3 Å². The van der Waals surface area contributed by atoms with Gasteiger partial charge >= 0.3 is 0 Å². The van der Waals surface area contributed by atoms with E-state index in [1.165, 1.54) is 26.0 Å². The predicted molar refractivity (Wildman–Crippen MR) is 91.0 cm³/mol. The standard InChI is InChI=1S/C14H22Br2N2S/c1-10(2)3-4-12(18-7-5-17-6-8-18)13-9-11(15)14(16)19-13/h9-10,12,17H,3-8H2,1-2H3/t12-/m0/s1. The first kappa shape index (κ1) is 16.0. The summed E-state index contributed by atoms with van der Waals surface area (Å²) in [7, 11) is 0. The molecule has 0 bridgehead atoms. The number of hydrogen-bond donors (Lipinski definition) is 1. The minimum atomic E-state index is 0.581. The number of nitrogens with zero attached hydrogens (tertiary/aromatic N) is 1. The van der Waals surface area contributed by atoms with Gasteiger partial charge in [-0.3, -0.25) is 4.90 Å². The molecule has 1 aromatic heterocycles. The van der Waals surface area contributed by atoms with E-state index in [1.54, 1.807) is 0 Å². The lowest BCUT2D eigenvalue weighted by Crippen LogP contribution is -2.45. The number of thiophene rings is 1. The van der Waals surface area contributed by atoms with Gasteiger partial charge in [-0.15, -0.1) is 11.3 Å². The van der Waals surface area contributed by atoms with Gasteiger partial charge in [0.1, 0.15) is 0 Å². The molecule has 0 radical (unpaired) electrons. The second-order valence-corrected chi connectivity index (χ2v) is 8.80. The first-order chi connectivity index (χ1) is 9.08. The highest BCUT2D eigenvalue weighted by atomic mass is 79.9. The SMILES string of the molecule is CC(C)CC[C@@H](c1cc(Br)c(Br)s1)N1CCNCC1. The van der Waals surface area contributed by atoms with Gasteiger partial charge in [0.15, 0.2) is 0 Å². The number of rotatable bonds is 5.